The van der Waals surface area contributed by atoms with Crippen LogP contribution in [0.25, 0.3) is 0 Å². The number of nitrogens with zero attached hydrogens (tertiary/aromatic N) is 2. The summed E-state index contributed by atoms with van der Waals surface area (Å²) in [6.45, 7) is 0. The number of hydrogen-bond donors (Lipinski definition) is 0. The summed E-state index contributed by atoms with van der Waals surface area (Å²) in [5.41, 5.74) is 2.29. The molecule has 0 N–H and O–H groups in total. The predicted molar refractivity (Wildman–Crippen MR) is 144 cm³/mol. The number of halogens is 2. The SMILES string of the molecule is O=C1c2ccc(Br)cc2C(=O)N1c1ccc(Oc2ccc(N3C(=O)c4ccc(Br)cc4C3=O)cc2)cc1. The van der Waals surface area contributed by atoms with Crippen molar-refractivity contribution >= 4 is 66.9 Å². The van der Waals surface area contributed by atoms with Gasteiger partial charge in [0.25, 0.3) is 23.6 Å². The standard InChI is InChI=1S/C28H14Br2N2O5/c29-15-1-11-21-23(13-15)27(35)31(25(21)33)17-3-7-19(8-4-17)37-20-9-5-18(6-10-20)32-26(34)22-12-2-16(30)14-24(22)28(32)36/h1-14H. The molecule has 4 aromatic rings. The molecular formula is C28H14Br2N2O5. The van der Waals surface area contributed by atoms with Crippen LogP contribution in [0.1, 0.15) is 41.4 Å². The van der Waals surface area contributed by atoms with Gasteiger partial charge in [0, 0.05) is 8.95 Å². The second kappa shape index (κ2) is 8.79. The molecule has 0 unspecified atom stereocenters. The third kappa shape index (κ3) is 3.87. The van der Waals surface area contributed by atoms with Gasteiger partial charge in [0.2, 0.25) is 0 Å². The number of rotatable bonds is 4. The topological polar surface area (TPSA) is 84.0 Å². The van der Waals surface area contributed by atoms with Gasteiger partial charge in [-0.25, -0.2) is 9.80 Å². The van der Waals surface area contributed by atoms with Crippen LogP contribution in [-0.4, -0.2) is 23.6 Å². The van der Waals surface area contributed by atoms with Crippen LogP contribution in [0, 0.1) is 0 Å². The number of anilines is 2. The number of benzene rings is 4. The molecule has 9 heteroatoms. The van der Waals surface area contributed by atoms with Crippen LogP contribution in [-0.2, 0) is 0 Å². The Morgan fingerprint density at radius 3 is 1.19 bits per heavy atom. The fraction of sp³-hybridized carbons (Fsp3) is 0. The maximum Gasteiger partial charge on any atom is 0.266 e. The summed E-state index contributed by atoms with van der Waals surface area (Å²) in [5, 5.41) is 0. The highest BCUT2D eigenvalue weighted by atomic mass is 79.9. The zero-order chi connectivity index (χ0) is 25.8. The minimum Gasteiger partial charge on any atom is -0.457 e. The lowest BCUT2D eigenvalue weighted by atomic mass is 10.1. The predicted octanol–water partition coefficient (Wildman–Crippen LogP) is 6.61. The van der Waals surface area contributed by atoms with Crippen molar-refractivity contribution in [1.29, 1.82) is 0 Å². The summed E-state index contributed by atoms with van der Waals surface area (Å²) < 4.78 is 7.33. The first-order valence-electron chi connectivity index (χ1n) is 11.1. The summed E-state index contributed by atoms with van der Waals surface area (Å²) >= 11 is 6.66. The Kier molecular flexibility index (Phi) is 5.54. The molecule has 180 valence electrons. The molecule has 2 aliphatic rings. The van der Waals surface area contributed by atoms with E-state index in [-0.39, 0.29) is 23.6 Å². The number of carbonyl (C=O) groups is 4. The molecule has 0 atom stereocenters. The highest BCUT2D eigenvalue weighted by molar-refractivity contribution is 9.10. The first kappa shape index (κ1) is 23.3. The van der Waals surface area contributed by atoms with Gasteiger partial charge in [0.05, 0.1) is 33.6 Å². The molecule has 0 saturated heterocycles. The minimum absolute atomic E-state index is 0.352. The van der Waals surface area contributed by atoms with Crippen LogP contribution in [0.4, 0.5) is 11.4 Å². The van der Waals surface area contributed by atoms with Crippen LogP contribution in [0.15, 0.2) is 93.9 Å². The first-order valence-corrected chi connectivity index (χ1v) is 12.6. The molecule has 0 radical (unpaired) electrons. The molecule has 0 aliphatic carbocycles. The quantitative estimate of drug-likeness (QED) is 0.241. The molecule has 4 amide bonds. The first-order chi connectivity index (χ1) is 17.8. The molecule has 0 saturated carbocycles. The van der Waals surface area contributed by atoms with Crippen LogP contribution >= 0.6 is 31.9 Å². The van der Waals surface area contributed by atoms with E-state index in [0.717, 1.165) is 18.7 Å². The van der Waals surface area contributed by atoms with E-state index < -0.39 is 0 Å². The fourth-order valence-corrected chi connectivity index (χ4v) is 5.08. The Balaban J connectivity index is 1.18. The lowest BCUT2D eigenvalue weighted by Gasteiger charge is -2.16. The molecule has 0 aromatic heterocycles. The van der Waals surface area contributed by atoms with Gasteiger partial charge in [0.1, 0.15) is 11.5 Å². The van der Waals surface area contributed by atoms with Crippen molar-refractivity contribution in [2.75, 3.05) is 9.80 Å². The van der Waals surface area contributed by atoms with E-state index in [0.29, 0.717) is 45.1 Å². The molecule has 37 heavy (non-hydrogen) atoms. The number of hydrogen-bond acceptors (Lipinski definition) is 5. The fourth-order valence-electron chi connectivity index (χ4n) is 4.36. The Morgan fingerprint density at radius 1 is 0.459 bits per heavy atom. The molecule has 4 aromatic carbocycles. The van der Waals surface area contributed by atoms with Gasteiger partial charge in [-0.3, -0.25) is 19.2 Å². The summed E-state index contributed by atoms with van der Waals surface area (Å²) in [7, 11) is 0. The summed E-state index contributed by atoms with van der Waals surface area (Å²) in [6.07, 6.45) is 0. The third-order valence-electron chi connectivity index (χ3n) is 6.12. The van der Waals surface area contributed by atoms with Crippen molar-refractivity contribution in [2.45, 2.75) is 0 Å². The normalized spacial score (nSPS) is 14.3. The maximum absolute atomic E-state index is 12.8. The largest absolute Gasteiger partial charge is 0.457 e. The lowest BCUT2D eigenvalue weighted by molar-refractivity contribution is 0.0910. The zero-order valence-electron chi connectivity index (χ0n) is 18.8. The molecule has 7 nitrogen and oxygen atoms in total. The van der Waals surface area contributed by atoms with Crippen LogP contribution in [0.5, 0.6) is 11.5 Å². The van der Waals surface area contributed by atoms with E-state index in [1.54, 1.807) is 84.9 Å². The van der Waals surface area contributed by atoms with Crippen LogP contribution < -0.4 is 14.5 Å². The maximum atomic E-state index is 12.8. The van der Waals surface area contributed by atoms with E-state index in [1.807, 2.05) is 0 Å². The van der Waals surface area contributed by atoms with Gasteiger partial charge in [-0.15, -0.1) is 0 Å². The van der Waals surface area contributed by atoms with Gasteiger partial charge in [-0.2, -0.15) is 0 Å². The van der Waals surface area contributed by atoms with Gasteiger partial charge in [-0.05, 0) is 84.9 Å². The van der Waals surface area contributed by atoms with Crippen molar-refractivity contribution in [2.24, 2.45) is 0 Å². The number of fused-ring (bicyclic) bond motifs is 2. The summed E-state index contributed by atoms with van der Waals surface area (Å²) in [4.78, 5) is 53.4. The highest BCUT2D eigenvalue weighted by Crippen LogP contribution is 2.34. The molecule has 0 bridgehead atoms. The Bertz CT molecular complexity index is 1530. The summed E-state index contributed by atoms with van der Waals surface area (Å²) in [6, 6.07) is 23.2. The van der Waals surface area contributed by atoms with Gasteiger partial charge >= 0.3 is 0 Å². The third-order valence-corrected chi connectivity index (χ3v) is 7.11. The zero-order valence-corrected chi connectivity index (χ0v) is 21.9. The molecule has 0 fully saturated rings. The Labute approximate surface area is 227 Å². The van der Waals surface area contributed by atoms with Crippen LogP contribution in [0.2, 0.25) is 0 Å². The van der Waals surface area contributed by atoms with E-state index >= 15 is 0 Å². The van der Waals surface area contributed by atoms with Crippen LogP contribution in [0.3, 0.4) is 0 Å². The van der Waals surface area contributed by atoms with Gasteiger partial charge < -0.3 is 4.74 Å². The van der Waals surface area contributed by atoms with Gasteiger partial charge in [0.15, 0.2) is 0 Å². The average molecular weight is 618 g/mol. The molecule has 2 aliphatic heterocycles. The van der Waals surface area contributed by atoms with Gasteiger partial charge in [-0.1, -0.05) is 31.9 Å². The monoisotopic (exact) mass is 616 g/mol. The van der Waals surface area contributed by atoms with E-state index in [9.17, 15) is 19.2 Å². The van der Waals surface area contributed by atoms with Crippen molar-refractivity contribution < 1.29 is 23.9 Å². The van der Waals surface area contributed by atoms with Crippen molar-refractivity contribution in [3.05, 3.63) is 116 Å². The molecular weight excluding hydrogens is 604 g/mol. The highest BCUT2D eigenvalue weighted by Gasteiger charge is 2.37. The van der Waals surface area contributed by atoms with E-state index in [4.69, 9.17) is 4.74 Å². The Morgan fingerprint density at radius 2 is 0.811 bits per heavy atom. The number of ether oxygens (including phenoxy) is 1. The number of carbonyl (C=O) groups excluding carboxylic acids is 4. The summed E-state index contributed by atoms with van der Waals surface area (Å²) in [5.74, 6) is -0.547. The average Bonchev–Trinajstić information content (AvgIpc) is 3.28. The Hall–Kier alpha value is -4.08. The lowest BCUT2D eigenvalue weighted by Crippen LogP contribution is -2.29. The van der Waals surface area contributed by atoms with E-state index in [2.05, 4.69) is 31.9 Å². The molecule has 2 heterocycles. The van der Waals surface area contributed by atoms with Crippen molar-refractivity contribution in [3.8, 4) is 11.5 Å². The number of amides is 4. The van der Waals surface area contributed by atoms with E-state index in [1.165, 1.54) is 0 Å². The minimum atomic E-state index is -0.383. The second-order valence-corrected chi connectivity index (χ2v) is 10.2. The molecule has 0 spiro atoms. The smallest absolute Gasteiger partial charge is 0.266 e. The van der Waals surface area contributed by atoms with Crippen molar-refractivity contribution in [1.82, 2.24) is 0 Å². The molecule has 6 rings (SSSR count). The second-order valence-electron chi connectivity index (χ2n) is 8.36. The number of imide groups is 2. The van der Waals surface area contributed by atoms with Crippen molar-refractivity contribution in [3.63, 3.8) is 0 Å².